The van der Waals surface area contributed by atoms with Gasteiger partial charge in [-0.05, 0) is 35.4 Å². The summed E-state index contributed by atoms with van der Waals surface area (Å²) < 4.78 is 24.4. The third-order valence-electron chi connectivity index (χ3n) is 6.35. The second-order valence-corrected chi connectivity index (χ2v) is 8.27. The zero-order valence-electron chi connectivity index (χ0n) is 18.9. The molecule has 6 nitrogen and oxygen atoms in total. The Morgan fingerprint density at radius 3 is 2.62 bits per heavy atom. The van der Waals surface area contributed by atoms with E-state index in [-0.39, 0.29) is 5.75 Å². The van der Waals surface area contributed by atoms with E-state index in [0.29, 0.717) is 24.3 Å². The number of carbonyl (C=O) groups excluding carboxylic acids is 1. The Hall–Kier alpha value is -3.97. The van der Waals surface area contributed by atoms with Gasteiger partial charge in [0.2, 0.25) is 0 Å². The van der Waals surface area contributed by atoms with Crippen LogP contribution in [-0.2, 0) is 17.9 Å². The molecule has 4 aromatic rings. The lowest BCUT2D eigenvalue weighted by molar-refractivity contribution is -0.112. The van der Waals surface area contributed by atoms with Gasteiger partial charge in [-0.25, -0.2) is 4.39 Å². The molecular formula is C27H24FN3O3. The number of pyridine rings is 1. The third-order valence-corrected chi connectivity index (χ3v) is 6.35. The van der Waals surface area contributed by atoms with Gasteiger partial charge in [-0.2, -0.15) is 0 Å². The highest BCUT2D eigenvalue weighted by molar-refractivity contribution is 6.02. The van der Waals surface area contributed by atoms with Gasteiger partial charge in [-0.15, -0.1) is 0 Å². The van der Waals surface area contributed by atoms with E-state index in [1.807, 2.05) is 42.5 Å². The van der Waals surface area contributed by atoms with Crippen molar-refractivity contribution < 1.29 is 18.7 Å². The average Bonchev–Trinajstić information content (AvgIpc) is 3.21. The van der Waals surface area contributed by atoms with Gasteiger partial charge < -0.3 is 20.0 Å². The van der Waals surface area contributed by atoms with Crippen LogP contribution < -0.4 is 15.2 Å². The lowest BCUT2D eigenvalue weighted by Crippen LogP contribution is -2.23. The summed E-state index contributed by atoms with van der Waals surface area (Å²) in [6, 6.07) is 17.7. The molecule has 172 valence electrons. The second kappa shape index (κ2) is 8.76. The maximum Gasteiger partial charge on any atom is 0.165 e. The van der Waals surface area contributed by atoms with Crippen LogP contribution in [0.4, 0.5) is 10.1 Å². The number of benzene rings is 3. The lowest BCUT2D eigenvalue weighted by atomic mass is 9.97. The van der Waals surface area contributed by atoms with Crippen LogP contribution in [0, 0.1) is 5.82 Å². The highest BCUT2D eigenvalue weighted by atomic mass is 19.1. The largest absolute Gasteiger partial charge is 0.497 e. The van der Waals surface area contributed by atoms with Crippen molar-refractivity contribution in [3.63, 3.8) is 0 Å². The number of nitrogens with two attached hydrogens (primary N) is 1. The third kappa shape index (κ3) is 3.64. The average molecular weight is 458 g/mol. The number of aromatic nitrogens is 1. The van der Waals surface area contributed by atoms with Gasteiger partial charge in [-0.1, -0.05) is 36.4 Å². The molecule has 34 heavy (non-hydrogen) atoms. The van der Waals surface area contributed by atoms with Gasteiger partial charge in [-0.3, -0.25) is 9.88 Å². The normalized spacial score (nSPS) is 15.3. The molecule has 0 fully saturated rings. The number of rotatable bonds is 6. The molecule has 0 saturated heterocycles. The Kier molecular flexibility index (Phi) is 5.63. The molecule has 0 aliphatic carbocycles. The van der Waals surface area contributed by atoms with Gasteiger partial charge in [0.25, 0.3) is 0 Å². The molecular weight excluding hydrogens is 433 g/mol. The number of hydrogen-bond acceptors (Lipinski definition) is 6. The Balaban J connectivity index is 1.58. The Morgan fingerprint density at radius 1 is 1.12 bits per heavy atom. The van der Waals surface area contributed by atoms with Crippen LogP contribution in [0.5, 0.6) is 11.5 Å². The summed E-state index contributed by atoms with van der Waals surface area (Å²) in [5, 5.41) is 0.762. The van der Waals surface area contributed by atoms with E-state index in [9.17, 15) is 9.18 Å². The van der Waals surface area contributed by atoms with Gasteiger partial charge in [0, 0.05) is 35.3 Å². The van der Waals surface area contributed by atoms with E-state index in [4.69, 9.17) is 20.2 Å². The van der Waals surface area contributed by atoms with Crippen molar-refractivity contribution in [1.29, 1.82) is 0 Å². The number of hydrogen-bond donors (Lipinski definition) is 1. The van der Waals surface area contributed by atoms with E-state index >= 15 is 0 Å². The van der Waals surface area contributed by atoms with Crippen molar-refractivity contribution in [2.45, 2.75) is 19.1 Å². The van der Waals surface area contributed by atoms with Crippen LogP contribution in [0.1, 0.15) is 22.9 Å². The molecule has 2 heterocycles. The smallest absolute Gasteiger partial charge is 0.165 e. The number of anilines is 1. The van der Waals surface area contributed by atoms with Crippen molar-refractivity contribution in [2.75, 3.05) is 20.0 Å². The molecule has 5 rings (SSSR count). The topological polar surface area (TPSA) is 77.7 Å². The Bertz CT molecular complexity index is 1390. The summed E-state index contributed by atoms with van der Waals surface area (Å²) >= 11 is 0. The van der Waals surface area contributed by atoms with E-state index in [1.165, 1.54) is 13.2 Å². The fourth-order valence-electron chi connectivity index (χ4n) is 4.63. The standard InChI is InChI=1S/C27H24FN3O3/c1-33-18-9-6-16(7-10-18)13-31-14-22-25(23(31)15-32)26(29)20-5-3-4-19(27(20)30-22)17-8-11-21(28)24(12-17)34-2/h3-12,15,23H,13-14H2,1-2H3,(H2,29,30). The summed E-state index contributed by atoms with van der Waals surface area (Å²) in [7, 11) is 3.06. The number of aldehydes is 1. The zero-order valence-corrected chi connectivity index (χ0v) is 18.9. The maximum absolute atomic E-state index is 14.0. The van der Waals surface area contributed by atoms with Crippen molar-refractivity contribution in [3.05, 3.63) is 83.3 Å². The minimum Gasteiger partial charge on any atom is -0.497 e. The summed E-state index contributed by atoms with van der Waals surface area (Å²) in [6.45, 7) is 1.06. The summed E-state index contributed by atoms with van der Waals surface area (Å²) in [5.74, 6) is 0.515. The number of para-hydroxylation sites is 1. The number of methoxy groups -OCH3 is 2. The van der Waals surface area contributed by atoms with Gasteiger partial charge in [0.1, 0.15) is 12.0 Å². The zero-order chi connectivity index (χ0) is 23.8. The van der Waals surface area contributed by atoms with Gasteiger partial charge in [0.15, 0.2) is 11.6 Å². The first-order valence-corrected chi connectivity index (χ1v) is 10.9. The molecule has 3 aromatic carbocycles. The van der Waals surface area contributed by atoms with E-state index in [2.05, 4.69) is 4.90 Å². The SMILES string of the molecule is COc1ccc(CN2Cc3nc4c(-c5ccc(F)c(OC)c5)cccc4c(N)c3C2C=O)cc1. The Morgan fingerprint density at radius 2 is 1.91 bits per heavy atom. The summed E-state index contributed by atoms with van der Waals surface area (Å²) in [6.07, 6.45) is 0.925. The molecule has 1 unspecified atom stereocenters. The number of carbonyl (C=O) groups is 1. The molecule has 1 aliphatic rings. The molecule has 1 atom stereocenters. The molecule has 0 bridgehead atoms. The summed E-state index contributed by atoms with van der Waals surface area (Å²) in [4.78, 5) is 19.2. The maximum atomic E-state index is 14.0. The van der Waals surface area contributed by atoms with Crippen LogP contribution in [0.15, 0.2) is 60.7 Å². The predicted octanol–water partition coefficient (Wildman–Crippen LogP) is 4.90. The number of fused-ring (bicyclic) bond motifs is 2. The fourth-order valence-corrected chi connectivity index (χ4v) is 4.63. The molecule has 0 radical (unpaired) electrons. The molecule has 1 aliphatic heterocycles. The minimum atomic E-state index is -0.483. The predicted molar refractivity (Wildman–Crippen MR) is 129 cm³/mol. The van der Waals surface area contributed by atoms with Crippen LogP contribution in [0.2, 0.25) is 0 Å². The number of ether oxygens (including phenoxy) is 2. The quantitative estimate of drug-likeness (QED) is 0.415. The number of nitrogens with zero attached hydrogens (tertiary/aromatic N) is 2. The van der Waals surface area contributed by atoms with Crippen molar-refractivity contribution in [2.24, 2.45) is 0 Å². The fraction of sp³-hybridized carbons (Fsp3) is 0.185. The van der Waals surface area contributed by atoms with Crippen LogP contribution >= 0.6 is 0 Å². The molecule has 1 aromatic heterocycles. The highest BCUT2D eigenvalue weighted by Gasteiger charge is 2.34. The van der Waals surface area contributed by atoms with E-state index in [0.717, 1.165) is 45.4 Å². The first-order chi connectivity index (χ1) is 16.5. The number of halogens is 1. The summed E-state index contributed by atoms with van der Waals surface area (Å²) in [5.41, 5.74) is 12.1. The lowest BCUT2D eigenvalue weighted by Gasteiger charge is -2.21. The van der Waals surface area contributed by atoms with Gasteiger partial charge in [0.05, 0.1) is 31.5 Å². The minimum absolute atomic E-state index is 0.162. The first-order valence-electron chi connectivity index (χ1n) is 10.9. The molecule has 2 N–H and O–H groups in total. The molecule has 0 spiro atoms. The molecule has 7 heteroatoms. The Labute approximate surface area is 196 Å². The van der Waals surface area contributed by atoms with Crippen LogP contribution in [0.25, 0.3) is 22.0 Å². The number of nitrogen functional groups attached to an aromatic ring is 1. The van der Waals surface area contributed by atoms with Crippen molar-refractivity contribution in [3.8, 4) is 22.6 Å². The molecule has 0 amide bonds. The first kappa shape index (κ1) is 21.9. The highest BCUT2D eigenvalue weighted by Crippen LogP contribution is 2.42. The van der Waals surface area contributed by atoms with E-state index in [1.54, 1.807) is 19.2 Å². The van der Waals surface area contributed by atoms with Gasteiger partial charge >= 0.3 is 0 Å². The monoisotopic (exact) mass is 457 g/mol. The van der Waals surface area contributed by atoms with Crippen molar-refractivity contribution >= 4 is 22.9 Å². The van der Waals surface area contributed by atoms with Crippen LogP contribution in [0.3, 0.4) is 0 Å². The van der Waals surface area contributed by atoms with Crippen molar-refractivity contribution in [1.82, 2.24) is 9.88 Å². The van der Waals surface area contributed by atoms with E-state index < -0.39 is 11.9 Å². The second-order valence-electron chi connectivity index (χ2n) is 8.27. The molecule has 0 saturated carbocycles. The van der Waals surface area contributed by atoms with Crippen LogP contribution in [-0.4, -0.2) is 30.4 Å².